The highest BCUT2D eigenvalue weighted by molar-refractivity contribution is 5.83. The van der Waals surface area contributed by atoms with Gasteiger partial charge in [0.05, 0.1) is 16.6 Å². The summed E-state index contributed by atoms with van der Waals surface area (Å²) in [7, 11) is 1.50. The van der Waals surface area contributed by atoms with Crippen LogP contribution in [0.4, 0.5) is 13.2 Å². The molecule has 0 aliphatic heterocycles. The minimum Gasteiger partial charge on any atom is -0.467 e. The number of aryl methyl sites for hydroxylation is 2. The van der Waals surface area contributed by atoms with Crippen LogP contribution in [-0.4, -0.2) is 33.8 Å². The van der Waals surface area contributed by atoms with Crippen molar-refractivity contribution in [1.29, 1.82) is 0 Å². The van der Waals surface area contributed by atoms with Crippen molar-refractivity contribution in [2.45, 2.75) is 26.4 Å². The smallest absolute Gasteiger partial charge is 0.417 e. The minimum atomic E-state index is -4.57. The van der Waals surface area contributed by atoms with Gasteiger partial charge in [0.25, 0.3) is 5.91 Å². The number of fused-ring (bicyclic) bond motifs is 1. The Kier molecular flexibility index (Phi) is 4.76. The molecule has 0 aliphatic rings. The Hall–Kier alpha value is -2.32. The number of alkyl halides is 3. The van der Waals surface area contributed by atoms with E-state index in [2.05, 4.69) is 15.4 Å². The Morgan fingerprint density at radius 2 is 2.13 bits per heavy atom. The molecule has 0 saturated heterocycles. The summed E-state index contributed by atoms with van der Waals surface area (Å²) < 4.78 is 46.1. The van der Waals surface area contributed by atoms with Crippen molar-refractivity contribution in [3.63, 3.8) is 0 Å². The van der Waals surface area contributed by atoms with Gasteiger partial charge in [0, 0.05) is 19.7 Å². The molecule has 2 rings (SSSR count). The molecule has 9 heteroatoms. The summed E-state index contributed by atoms with van der Waals surface area (Å²) in [6, 6.07) is 0.796. The van der Waals surface area contributed by atoms with Gasteiger partial charge in [-0.3, -0.25) is 9.48 Å². The highest BCUT2D eigenvalue weighted by Gasteiger charge is 2.35. The Balaban J connectivity index is 2.35. The second-order valence-corrected chi connectivity index (χ2v) is 5.05. The topological polar surface area (TPSA) is 69.0 Å². The second-order valence-electron chi connectivity index (χ2n) is 5.05. The van der Waals surface area contributed by atoms with Crippen LogP contribution in [0.15, 0.2) is 6.07 Å². The van der Waals surface area contributed by atoms with Crippen molar-refractivity contribution in [3.8, 4) is 5.88 Å². The number of pyridine rings is 1. The number of amides is 1. The van der Waals surface area contributed by atoms with Crippen LogP contribution in [0.3, 0.4) is 0 Å². The van der Waals surface area contributed by atoms with Crippen molar-refractivity contribution in [2.24, 2.45) is 7.05 Å². The fourth-order valence-corrected chi connectivity index (χ4v) is 2.17. The summed E-state index contributed by atoms with van der Waals surface area (Å²) in [4.78, 5) is 15.5. The molecule has 0 bridgehead atoms. The first-order chi connectivity index (χ1) is 10.7. The quantitative estimate of drug-likeness (QED) is 0.912. The number of carbonyl (C=O) groups excluding carboxylic acids is 1. The molecule has 0 spiro atoms. The average molecular weight is 330 g/mol. The first-order valence-corrected chi connectivity index (χ1v) is 7.05. The molecule has 1 N–H and O–H groups in total. The molecule has 0 fully saturated rings. The molecular formula is C14H17F3N4O2. The maximum Gasteiger partial charge on any atom is 0.417 e. The summed E-state index contributed by atoms with van der Waals surface area (Å²) in [6.07, 6.45) is -3.82. The van der Waals surface area contributed by atoms with Crippen LogP contribution in [0.2, 0.25) is 0 Å². The van der Waals surface area contributed by atoms with Crippen LogP contribution in [0, 0.1) is 6.92 Å². The molecular weight excluding hydrogens is 313 g/mol. The maximum atomic E-state index is 13.3. The third-order valence-electron chi connectivity index (χ3n) is 3.17. The van der Waals surface area contributed by atoms with E-state index in [1.165, 1.54) is 18.7 Å². The number of carbonyl (C=O) groups is 1. The van der Waals surface area contributed by atoms with Crippen molar-refractivity contribution in [1.82, 2.24) is 20.1 Å². The Morgan fingerprint density at radius 3 is 2.74 bits per heavy atom. The largest absolute Gasteiger partial charge is 0.467 e. The van der Waals surface area contributed by atoms with E-state index < -0.39 is 24.3 Å². The summed E-state index contributed by atoms with van der Waals surface area (Å²) in [5.41, 5.74) is -0.590. The van der Waals surface area contributed by atoms with Crippen LogP contribution in [0.25, 0.3) is 11.0 Å². The molecule has 0 saturated carbocycles. The monoisotopic (exact) mass is 330 g/mol. The first kappa shape index (κ1) is 17.0. The number of nitrogens with zero attached hydrogens (tertiary/aromatic N) is 3. The van der Waals surface area contributed by atoms with E-state index in [-0.39, 0.29) is 22.6 Å². The van der Waals surface area contributed by atoms with Crippen LogP contribution in [0.5, 0.6) is 5.88 Å². The SMILES string of the molecule is CCCNC(=O)COc1cc(C(F)(F)F)c2c(C)nn(C)c2n1. The lowest BCUT2D eigenvalue weighted by molar-refractivity contribution is -0.136. The lowest BCUT2D eigenvalue weighted by Gasteiger charge is -2.11. The predicted octanol–water partition coefficient (Wildman–Crippen LogP) is 2.20. The first-order valence-electron chi connectivity index (χ1n) is 7.05. The Labute approximate surface area is 130 Å². The van der Waals surface area contributed by atoms with E-state index in [4.69, 9.17) is 4.74 Å². The van der Waals surface area contributed by atoms with Crippen LogP contribution in [-0.2, 0) is 18.0 Å². The van der Waals surface area contributed by atoms with Gasteiger partial charge in [-0.1, -0.05) is 6.92 Å². The van der Waals surface area contributed by atoms with Gasteiger partial charge in [-0.05, 0) is 13.3 Å². The fraction of sp³-hybridized carbons (Fsp3) is 0.500. The van der Waals surface area contributed by atoms with Crippen molar-refractivity contribution in [3.05, 3.63) is 17.3 Å². The van der Waals surface area contributed by atoms with Gasteiger partial charge in [0.1, 0.15) is 0 Å². The Bertz CT molecular complexity index is 725. The van der Waals surface area contributed by atoms with Crippen LogP contribution < -0.4 is 10.1 Å². The maximum absolute atomic E-state index is 13.3. The average Bonchev–Trinajstić information content (AvgIpc) is 2.76. The lowest BCUT2D eigenvalue weighted by Crippen LogP contribution is -2.29. The summed E-state index contributed by atoms with van der Waals surface area (Å²) in [5, 5.41) is 6.46. The lowest BCUT2D eigenvalue weighted by atomic mass is 10.1. The zero-order valence-corrected chi connectivity index (χ0v) is 13.0. The third-order valence-corrected chi connectivity index (χ3v) is 3.17. The molecule has 0 aliphatic carbocycles. The van der Waals surface area contributed by atoms with Crippen molar-refractivity contribution < 1.29 is 22.7 Å². The minimum absolute atomic E-state index is 0.0568. The van der Waals surface area contributed by atoms with Crippen molar-refractivity contribution in [2.75, 3.05) is 13.2 Å². The zero-order valence-electron chi connectivity index (χ0n) is 13.0. The van der Waals surface area contributed by atoms with Gasteiger partial charge in [-0.2, -0.15) is 23.3 Å². The van der Waals surface area contributed by atoms with Gasteiger partial charge in [0.2, 0.25) is 5.88 Å². The van der Waals surface area contributed by atoms with E-state index in [0.717, 1.165) is 12.5 Å². The molecule has 0 radical (unpaired) electrons. The van der Waals surface area contributed by atoms with E-state index in [1.807, 2.05) is 6.92 Å². The highest BCUT2D eigenvalue weighted by Crippen LogP contribution is 2.37. The van der Waals surface area contributed by atoms with E-state index in [1.54, 1.807) is 0 Å². The standard InChI is InChI=1S/C14H17F3N4O2/c1-4-5-18-10(22)7-23-11-6-9(14(15,16)17)12-8(2)20-21(3)13(12)19-11/h6H,4-5,7H2,1-3H3,(H,18,22). The van der Waals surface area contributed by atoms with E-state index in [9.17, 15) is 18.0 Å². The highest BCUT2D eigenvalue weighted by atomic mass is 19.4. The van der Waals surface area contributed by atoms with E-state index >= 15 is 0 Å². The summed E-state index contributed by atoms with van der Waals surface area (Å²) in [5.74, 6) is -0.678. The number of hydrogen-bond donors (Lipinski definition) is 1. The molecule has 0 unspecified atom stereocenters. The molecule has 2 aromatic rings. The molecule has 6 nitrogen and oxygen atoms in total. The molecule has 2 heterocycles. The van der Waals surface area contributed by atoms with Gasteiger partial charge >= 0.3 is 6.18 Å². The number of aromatic nitrogens is 3. The number of hydrogen-bond acceptors (Lipinski definition) is 4. The zero-order chi connectivity index (χ0) is 17.2. The van der Waals surface area contributed by atoms with Crippen molar-refractivity contribution >= 4 is 16.9 Å². The molecule has 23 heavy (non-hydrogen) atoms. The normalized spacial score (nSPS) is 11.7. The summed E-state index contributed by atoms with van der Waals surface area (Å²) in [6.45, 7) is 3.45. The molecule has 2 aromatic heterocycles. The second kappa shape index (κ2) is 6.43. The number of ether oxygens (including phenoxy) is 1. The molecule has 0 atom stereocenters. The van der Waals surface area contributed by atoms with Crippen LogP contribution >= 0.6 is 0 Å². The van der Waals surface area contributed by atoms with Crippen LogP contribution in [0.1, 0.15) is 24.6 Å². The van der Waals surface area contributed by atoms with Gasteiger partial charge in [-0.25, -0.2) is 0 Å². The third kappa shape index (κ3) is 3.72. The summed E-state index contributed by atoms with van der Waals surface area (Å²) >= 11 is 0. The Morgan fingerprint density at radius 1 is 1.43 bits per heavy atom. The fourth-order valence-electron chi connectivity index (χ4n) is 2.17. The number of rotatable bonds is 5. The van der Waals surface area contributed by atoms with Gasteiger partial charge < -0.3 is 10.1 Å². The predicted molar refractivity (Wildman–Crippen MR) is 77.0 cm³/mol. The van der Waals surface area contributed by atoms with Gasteiger partial charge in [0.15, 0.2) is 12.3 Å². The molecule has 1 amide bonds. The van der Waals surface area contributed by atoms with E-state index in [0.29, 0.717) is 6.54 Å². The van der Waals surface area contributed by atoms with Gasteiger partial charge in [-0.15, -0.1) is 0 Å². The number of nitrogens with one attached hydrogen (secondary N) is 1. The molecule has 126 valence electrons. The number of halogens is 3. The molecule has 0 aromatic carbocycles.